The maximum atomic E-state index is 12.0. The van der Waals surface area contributed by atoms with Crippen molar-refractivity contribution in [3.63, 3.8) is 0 Å². The van der Waals surface area contributed by atoms with Crippen molar-refractivity contribution in [3.8, 4) is 17.2 Å². The molecule has 0 saturated heterocycles. The lowest BCUT2D eigenvalue weighted by atomic mass is 9.97. The van der Waals surface area contributed by atoms with Gasteiger partial charge in [-0.05, 0) is 24.6 Å². The van der Waals surface area contributed by atoms with Crippen LogP contribution < -0.4 is 14.2 Å². The lowest BCUT2D eigenvalue weighted by molar-refractivity contribution is -0.131. The largest absolute Gasteiger partial charge is 0.497 e. The summed E-state index contributed by atoms with van der Waals surface area (Å²) in [5.74, 6) is 0.295. The predicted octanol–water partition coefficient (Wildman–Crippen LogP) is 2.88. The molecule has 0 unspecified atom stereocenters. The Labute approximate surface area is 133 Å². The van der Waals surface area contributed by atoms with Crippen molar-refractivity contribution in [1.82, 2.24) is 0 Å². The van der Waals surface area contributed by atoms with Crippen molar-refractivity contribution in [3.05, 3.63) is 29.3 Å². The summed E-state index contributed by atoms with van der Waals surface area (Å²) in [5.41, 5.74) is 0.974. The van der Waals surface area contributed by atoms with E-state index >= 15 is 0 Å². The Morgan fingerprint density at radius 1 is 0.957 bits per heavy atom. The number of hydrogen-bond acceptors (Lipinski definition) is 6. The van der Waals surface area contributed by atoms with Crippen LogP contribution in [0.15, 0.2) is 18.2 Å². The van der Waals surface area contributed by atoms with Crippen molar-refractivity contribution in [1.29, 1.82) is 0 Å². The van der Waals surface area contributed by atoms with Gasteiger partial charge in [0.15, 0.2) is 0 Å². The fourth-order valence-corrected chi connectivity index (χ4v) is 2.46. The molecule has 0 amide bonds. The van der Waals surface area contributed by atoms with E-state index in [1.165, 1.54) is 34.3 Å². The van der Waals surface area contributed by atoms with Crippen molar-refractivity contribution < 1.29 is 28.5 Å². The number of ether oxygens (including phenoxy) is 4. The number of fused-ring (bicyclic) bond motifs is 1. The number of aryl methyl sites for hydroxylation is 1. The van der Waals surface area contributed by atoms with E-state index in [1.807, 2.05) is 0 Å². The van der Waals surface area contributed by atoms with Gasteiger partial charge in [0.05, 0.1) is 26.9 Å². The lowest BCUT2D eigenvalue weighted by Gasteiger charge is -2.16. The number of hydrogen-bond donors (Lipinski definition) is 0. The minimum absolute atomic E-state index is 0.246. The summed E-state index contributed by atoms with van der Waals surface area (Å²) in [5, 5.41) is 1.27. The standard InChI is InChI=1S/C17H18O6/c1-9-12(17(19)22-5)8-14(23-10(2)18)13-6-11(20-3)7-15(21-4)16(9)13/h6-8H,1-5H3. The molecule has 0 aliphatic rings. The first-order valence-corrected chi connectivity index (χ1v) is 6.89. The molecule has 2 aromatic carbocycles. The molecule has 0 aromatic heterocycles. The van der Waals surface area contributed by atoms with Gasteiger partial charge in [0.25, 0.3) is 0 Å². The van der Waals surface area contributed by atoms with Crippen LogP contribution in [-0.4, -0.2) is 33.3 Å². The molecule has 0 spiro atoms. The van der Waals surface area contributed by atoms with Crippen LogP contribution in [0.3, 0.4) is 0 Å². The molecule has 2 aromatic rings. The fraction of sp³-hybridized carbons (Fsp3) is 0.294. The molecule has 0 N–H and O–H groups in total. The molecule has 2 rings (SSSR count). The third kappa shape index (κ3) is 3.06. The number of carbonyl (C=O) groups excluding carboxylic acids is 2. The van der Waals surface area contributed by atoms with Gasteiger partial charge in [-0.2, -0.15) is 0 Å². The van der Waals surface area contributed by atoms with Gasteiger partial charge in [-0.25, -0.2) is 4.79 Å². The molecule has 6 heteroatoms. The van der Waals surface area contributed by atoms with Crippen LogP contribution in [0.1, 0.15) is 22.8 Å². The molecule has 0 atom stereocenters. The number of methoxy groups -OCH3 is 3. The third-order valence-electron chi connectivity index (χ3n) is 3.51. The lowest BCUT2D eigenvalue weighted by Crippen LogP contribution is -2.08. The normalized spacial score (nSPS) is 10.3. The van der Waals surface area contributed by atoms with Crippen LogP contribution in [0.4, 0.5) is 0 Å². The Morgan fingerprint density at radius 2 is 1.65 bits per heavy atom. The van der Waals surface area contributed by atoms with Crippen LogP contribution in [0.2, 0.25) is 0 Å². The molecular weight excluding hydrogens is 300 g/mol. The molecule has 0 heterocycles. The van der Waals surface area contributed by atoms with E-state index in [0.29, 0.717) is 33.4 Å². The van der Waals surface area contributed by atoms with E-state index in [-0.39, 0.29) is 5.75 Å². The quantitative estimate of drug-likeness (QED) is 0.637. The second-order valence-corrected chi connectivity index (χ2v) is 4.88. The molecule has 0 aliphatic heterocycles. The highest BCUT2D eigenvalue weighted by atomic mass is 16.5. The van der Waals surface area contributed by atoms with Crippen LogP contribution in [-0.2, 0) is 9.53 Å². The second-order valence-electron chi connectivity index (χ2n) is 4.88. The topological polar surface area (TPSA) is 71.1 Å². The summed E-state index contributed by atoms with van der Waals surface area (Å²) in [6.45, 7) is 3.07. The minimum atomic E-state index is -0.518. The summed E-state index contributed by atoms with van der Waals surface area (Å²) in [6.07, 6.45) is 0. The highest BCUT2D eigenvalue weighted by Gasteiger charge is 2.20. The number of carbonyl (C=O) groups is 2. The first-order chi connectivity index (χ1) is 10.9. The average molecular weight is 318 g/mol. The van der Waals surface area contributed by atoms with E-state index in [4.69, 9.17) is 18.9 Å². The average Bonchev–Trinajstić information content (AvgIpc) is 2.54. The molecule has 0 saturated carbocycles. The van der Waals surface area contributed by atoms with Crippen LogP contribution in [0, 0.1) is 6.92 Å². The highest BCUT2D eigenvalue weighted by Crippen LogP contribution is 2.40. The first-order valence-electron chi connectivity index (χ1n) is 6.89. The first kappa shape index (κ1) is 16.6. The van der Waals surface area contributed by atoms with E-state index in [1.54, 1.807) is 19.1 Å². The Bertz CT molecular complexity index is 778. The smallest absolute Gasteiger partial charge is 0.338 e. The molecule has 0 fully saturated rings. The summed E-state index contributed by atoms with van der Waals surface area (Å²) < 4.78 is 20.7. The molecule has 122 valence electrons. The molecular formula is C17H18O6. The maximum Gasteiger partial charge on any atom is 0.338 e. The Balaban J connectivity index is 2.91. The zero-order chi connectivity index (χ0) is 17.1. The van der Waals surface area contributed by atoms with Gasteiger partial charge < -0.3 is 18.9 Å². The maximum absolute atomic E-state index is 12.0. The molecule has 0 radical (unpaired) electrons. The summed E-state index contributed by atoms with van der Waals surface area (Å²) in [6, 6.07) is 4.92. The van der Waals surface area contributed by atoms with Gasteiger partial charge in [0.1, 0.15) is 17.2 Å². The van der Waals surface area contributed by atoms with Gasteiger partial charge in [-0.15, -0.1) is 0 Å². The monoisotopic (exact) mass is 318 g/mol. The molecule has 23 heavy (non-hydrogen) atoms. The van der Waals surface area contributed by atoms with Gasteiger partial charge in [0, 0.05) is 23.8 Å². The minimum Gasteiger partial charge on any atom is -0.497 e. The number of esters is 2. The number of rotatable bonds is 4. The zero-order valence-corrected chi connectivity index (χ0v) is 13.7. The summed E-state index contributed by atoms with van der Waals surface area (Å²) >= 11 is 0. The van der Waals surface area contributed by atoms with Crippen molar-refractivity contribution in [2.45, 2.75) is 13.8 Å². The third-order valence-corrected chi connectivity index (χ3v) is 3.51. The van der Waals surface area contributed by atoms with Gasteiger partial charge in [-0.3, -0.25) is 4.79 Å². The SMILES string of the molecule is COC(=O)c1cc(OC(C)=O)c2cc(OC)cc(OC)c2c1C. The molecule has 0 aliphatic carbocycles. The highest BCUT2D eigenvalue weighted by molar-refractivity contribution is 6.05. The zero-order valence-electron chi connectivity index (χ0n) is 13.7. The van der Waals surface area contributed by atoms with Gasteiger partial charge >= 0.3 is 11.9 Å². The van der Waals surface area contributed by atoms with Crippen LogP contribution >= 0.6 is 0 Å². The molecule has 6 nitrogen and oxygen atoms in total. The van der Waals surface area contributed by atoms with E-state index in [2.05, 4.69) is 0 Å². The van der Waals surface area contributed by atoms with Crippen molar-refractivity contribution >= 4 is 22.7 Å². The van der Waals surface area contributed by atoms with Crippen molar-refractivity contribution in [2.75, 3.05) is 21.3 Å². The summed E-state index contributed by atoms with van der Waals surface area (Å²) in [4.78, 5) is 23.4. The van der Waals surface area contributed by atoms with Gasteiger partial charge in [-0.1, -0.05) is 0 Å². The van der Waals surface area contributed by atoms with E-state index in [0.717, 1.165) is 0 Å². The van der Waals surface area contributed by atoms with Crippen molar-refractivity contribution in [2.24, 2.45) is 0 Å². The van der Waals surface area contributed by atoms with Gasteiger partial charge in [0.2, 0.25) is 0 Å². The van der Waals surface area contributed by atoms with Crippen LogP contribution in [0.25, 0.3) is 10.8 Å². The Hall–Kier alpha value is -2.76. The molecule has 0 bridgehead atoms. The second kappa shape index (κ2) is 6.56. The predicted molar refractivity (Wildman–Crippen MR) is 84.4 cm³/mol. The summed E-state index contributed by atoms with van der Waals surface area (Å²) in [7, 11) is 4.34. The van der Waals surface area contributed by atoms with Crippen LogP contribution in [0.5, 0.6) is 17.2 Å². The fourth-order valence-electron chi connectivity index (χ4n) is 2.46. The Morgan fingerprint density at radius 3 is 2.17 bits per heavy atom. The Kier molecular flexibility index (Phi) is 4.74. The van der Waals surface area contributed by atoms with E-state index < -0.39 is 11.9 Å². The number of benzene rings is 2. The van der Waals surface area contributed by atoms with E-state index in [9.17, 15) is 9.59 Å².